The van der Waals surface area contributed by atoms with E-state index in [0.29, 0.717) is 6.61 Å². The van der Waals surface area contributed by atoms with Gasteiger partial charge in [-0.1, -0.05) is 0 Å². The monoisotopic (exact) mass is 334 g/mol. The van der Waals surface area contributed by atoms with Crippen LogP contribution in [0.3, 0.4) is 0 Å². The average Bonchev–Trinajstić information content (AvgIpc) is 3.23. The van der Waals surface area contributed by atoms with Crippen LogP contribution in [0.2, 0.25) is 0 Å². The van der Waals surface area contributed by atoms with Gasteiger partial charge in [0.2, 0.25) is 0 Å². The molecule has 0 aliphatic carbocycles. The van der Waals surface area contributed by atoms with Crippen molar-refractivity contribution in [3.8, 4) is 0 Å². The molecule has 3 heterocycles. The molecule has 1 N–H and O–H groups in total. The minimum atomic E-state index is 0.0370. The number of nitrogens with one attached hydrogen (secondary N) is 1. The lowest BCUT2D eigenvalue weighted by molar-refractivity contribution is -0.00800. The van der Waals surface area contributed by atoms with Gasteiger partial charge in [-0.25, -0.2) is 4.98 Å². The van der Waals surface area contributed by atoms with E-state index in [-0.39, 0.29) is 6.10 Å². The van der Waals surface area contributed by atoms with Crippen LogP contribution >= 0.6 is 11.3 Å². The summed E-state index contributed by atoms with van der Waals surface area (Å²) in [5, 5.41) is 10.8. The molecule has 1 aliphatic heterocycles. The highest BCUT2D eigenvalue weighted by Gasteiger charge is 2.24. The number of hydrogen-bond acceptors (Lipinski definition) is 5. The molecule has 0 amide bonds. The van der Waals surface area contributed by atoms with E-state index in [9.17, 15) is 0 Å². The second-order valence-corrected chi connectivity index (χ2v) is 6.38. The summed E-state index contributed by atoms with van der Waals surface area (Å²) in [4.78, 5) is 10.9. The molecule has 0 spiro atoms. The number of ether oxygens (including phenoxy) is 1. The van der Waals surface area contributed by atoms with E-state index in [1.807, 2.05) is 38.1 Å². The van der Waals surface area contributed by atoms with Crippen LogP contribution in [0.25, 0.3) is 0 Å². The number of nitrogens with zero attached hydrogens (tertiary/aromatic N) is 5. The Balaban J connectivity index is 1.55. The number of morpholine rings is 1. The normalized spacial score (nSPS) is 19.1. The van der Waals surface area contributed by atoms with Crippen molar-refractivity contribution in [2.45, 2.75) is 12.5 Å². The fourth-order valence-electron chi connectivity index (χ4n) is 2.64. The lowest BCUT2D eigenvalue weighted by Crippen LogP contribution is -2.48. The highest BCUT2D eigenvalue weighted by atomic mass is 32.1. The van der Waals surface area contributed by atoms with E-state index in [1.54, 1.807) is 16.0 Å². The third kappa shape index (κ3) is 4.08. The predicted molar refractivity (Wildman–Crippen MR) is 90.7 cm³/mol. The maximum absolute atomic E-state index is 5.88. The topological polar surface area (TPSA) is 67.6 Å². The molecule has 2 aromatic rings. The first-order valence-corrected chi connectivity index (χ1v) is 8.58. The van der Waals surface area contributed by atoms with Gasteiger partial charge in [0.15, 0.2) is 5.96 Å². The van der Waals surface area contributed by atoms with E-state index >= 15 is 0 Å². The highest BCUT2D eigenvalue weighted by molar-refractivity contribution is 7.09. The largest absolute Gasteiger partial charge is 0.370 e. The summed E-state index contributed by atoms with van der Waals surface area (Å²) < 4.78 is 7.68. The third-order valence-electron chi connectivity index (χ3n) is 3.78. The number of thiazole rings is 1. The number of aliphatic imine (C=N–C) groups is 1. The van der Waals surface area contributed by atoms with Crippen LogP contribution in [0.5, 0.6) is 0 Å². The van der Waals surface area contributed by atoms with Gasteiger partial charge in [-0.3, -0.25) is 9.67 Å². The fraction of sp³-hybridized carbons (Fsp3) is 0.533. The van der Waals surface area contributed by atoms with E-state index < -0.39 is 0 Å². The Hall–Kier alpha value is -1.93. The van der Waals surface area contributed by atoms with Gasteiger partial charge in [0.25, 0.3) is 0 Å². The lowest BCUT2D eigenvalue weighted by atomic mass is 10.1. The van der Waals surface area contributed by atoms with E-state index in [0.717, 1.165) is 42.6 Å². The quantitative estimate of drug-likeness (QED) is 0.669. The molecule has 0 radical (unpaired) electrons. The molecule has 1 atom stereocenters. The van der Waals surface area contributed by atoms with Crippen LogP contribution in [0.15, 0.2) is 29.0 Å². The summed E-state index contributed by atoms with van der Waals surface area (Å²) in [6.45, 7) is 3.14. The number of aromatic nitrogens is 3. The maximum atomic E-state index is 5.88. The molecule has 0 aromatic carbocycles. The van der Waals surface area contributed by atoms with Crippen LogP contribution in [-0.2, 0) is 18.2 Å². The molecule has 1 aliphatic rings. The number of guanidine groups is 1. The summed E-state index contributed by atoms with van der Waals surface area (Å²) in [5.74, 6) is 0.916. The standard InChI is InChI=1S/C15H22N6OS/c1-16-15(18-4-3-14-17-5-8-23-14)21-6-7-22-13(11-21)12-9-19-20(2)10-12/h5,8-10,13H,3-4,6-7,11H2,1-2H3,(H,16,18). The highest BCUT2D eigenvalue weighted by Crippen LogP contribution is 2.21. The zero-order chi connectivity index (χ0) is 16.1. The average molecular weight is 334 g/mol. The van der Waals surface area contributed by atoms with Crippen molar-refractivity contribution >= 4 is 17.3 Å². The van der Waals surface area contributed by atoms with Crippen LogP contribution in [0.4, 0.5) is 0 Å². The van der Waals surface area contributed by atoms with Crippen molar-refractivity contribution in [3.05, 3.63) is 34.5 Å². The molecule has 3 rings (SSSR count). The zero-order valence-electron chi connectivity index (χ0n) is 13.5. The predicted octanol–water partition coefficient (Wildman–Crippen LogP) is 1.07. The maximum Gasteiger partial charge on any atom is 0.193 e. The number of rotatable bonds is 4. The summed E-state index contributed by atoms with van der Waals surface area (Å²) in [6.07, 6.45) is 6.66. The van der Waals surface area contributed by atoms with Crippen LogP contribution in [0.1, 0.15) is 16.7 Å². The van der Waals surface area contributed by atoms with Gasteiger partial charge in [-0.2, -0.15) is 5.10 Å². The van der Waals surface area contributed by atoms with E-state index in [1.165, 1.54) is 0 Å². The fourth-order valence-corrected chi connectivity index (χ4v) is 3.26. The minimum Gasteiger partial charge on any atom is -0.370 e. The summed E-state index contributed by atoms with van der Waals surface area (Å²) >= 11 is 1.68. The second-order valence-electron chi connectivity index (χ2n) is 5.40. The van der Waals surface area contributed by atoms with Crippen LogP contribution in [-0.4, -0.2) is 58.9 Å². The number of hydrogen-bond donors (Lipinski definition) is 1. The molecule has 1 saturated heterocycles. The Kier molecular flexibility index (Phi) is 5.24. The molecular formula is C15H22N6OS. The zero-order valence-corrected chi connectivity index (χ0v) is 14.3. The van der Waals surface area contributed by atoms with Crippen LogP contribution < -0.4 is 5.32 Å². The second kappa shape index (κ2) is 7.56. The smallest absolute Gasteiger partial charge is 0.193 e. The number of aryl methyl sites for hydroxylation is 1. The lowest BCUT2D eigenvalue weighted by Gasteiger charge is -2.34. The van der Waals surface area contributed by atoms with Gasteiger partial charge < -0.3 is 15.0 Å². The van der Waals surface area contributed by atoms with Gasteiger partial charge in [0, 0.05) is 56.9 Å². The molecule has 1 unspecified atom stereocenters. The first-order chi connectivity index (χ1) is 11.3. The molecule has 2 aromatic heterocycles. The minimum absolute atomic E-state index is 0.0370. The Morgan fingerprint density at radius 1 is 1.57 bits per heavy atom. The Labute approximate surface area is 140 Å². The SMILES string of the molecule is CN=C(NCCc1nccs1)N1CCOC(c2cnn(C)c2)C1. The van der Waals surface area contributed by atoms with E-state index in [2.05, 4.69) is 25.3 Å². The molecule has 124 valence electrons. The Morgan fingerprint density at radius 3 is 3.17 bits per heavy atom. The molecular weight excluding hydrogens is 312 g/mol. The van der Waals surface area contributed by atoms with Crippen molar-refractivity contribution in [2.24, 2.45) is 12.0 Å². The van der Waals surface area contributed by atoms with Crippen molar-refractivity contribution in [1.82, 2.24) is 25.0 Å². The van der Waals surface area contributed by atoms with Gasteiger partial charge in [-0.05, 0) is 0 Å². The van der Waals surface area contributed by atoms with Gasteiger partial charge in [0.1, 0.15) is 6.10 Å². The van der Waals surface area contributed by atoms with E-state index in [4.69, 9.17) is 4.74 Å². The van der Waals surface area contributed by atoms with Crippen molar-refractivity contribution in [3.63, 3.8) is 0 Å². The molecule has 23 heavy (non-hydrogen) atoms. The molecule has 7 nitrogen and oxygen atoms in total. The summed E-state index contributed by atoms with van der Waals surface area (Å²) in [6, 6.07) is 0. The van der Waals surface area contributed by atoms with Gasteiger partial charge >= 0.3 is 0 Å². The van der Waals surface area contributed by atoms with Gasteiger partial charge in [0.05, 0.1) is 24.4 Å². The molecule has 1 fully saturated rings. The van der Waals surface area contributed by atoms with Crippen molar-refractivity contribution in [1.29, 1.82) is 0 Å². The molecule has 0 saturated carbocycles. The van der Waals surface area contributed by atoms with Crippen LogP contribution in [0, 0.1) is 0 Å². The molecule has 0 bridgehead atoms. The third-order valence-corrected chi connectivity index (χ3v) is 4.62. The first kappa shape index (κ1) is 15.9. The van der Waals surface area contributed by atoms with Crippen molar-refractivity contribution < 1.29 is 4.74 Å². The molecule has 8 heteroatoms. The van der Waals surface area contributed by atoms with Gasteiger partial charge in [-0.15, -0.1) is 11.3 Å². The Morgan fingerprint density at radius 2 is 2.48 bits per heavy atom. The summed E-state index contributed by atoms with van der Waals surface area (Å²) in [7, 11) is 3.74. The summed E-state index contributed by atoms with van der Waals surface area (Å²) in [5.41, 5.74) is 1.11. The Bertz CT molecular complexity index is 638. The first-order valence-electron chi connectivity index (χ1n) is 7.70. The van der Waals surface area contributed by atoms with Crippen molar-refractivity contribution in [2.75, 3.05) is 33.3 Å².